The van der Waals surface area contributed by atoms with Crippen LogP contribution >= 0.6 is 0 Å². The molecule has 0 aliphatic heterocycles. The van der Waals surface area contributed by atoms with Gasteiger partial charge in [-0.15, -0.1) is 0 Å². The molecule has 0 saturated heterocycles. The molecular formula is C33H44F2O. The Bertz CT molecular complexity index is 1020. The summed E-state index contributed by atoms with van der Waals surface area (Å²) < 4.78 is 35.4. The highest BCUT2D eigenvalue weighted by molar-refractivity contribution is 5.85. The van der Waals surface area contributed by atoms with E-state index < -0.39 is 11.6 Å². The number of rotatable bonds is 10. The molecule has 0 radical (unpaired) electrons. The maximum Gasteiger partial charge on any atom is 0.167 e. The van der Waals surface area contributed by atoms with Crippen LogP contribution in [0, 0.1) is 35.3 Å². The minimum absolute atomic E-state index is 0.297. The standard InChI is InChI=1S/C33H44F2O/c1-3-5-7-8-24-9-14-26(15-10-24)27-16-11-25(12-17-27)13-18-29-22-28-19-20-30(36-21-6-4-2)23-31(28)33(35)32(29)34/h4,6-8,19-20,22-27H,3,5,9-18,21H2,1-2H3/b6-4?,8-7+. The van der Waals surface area contributed by atoms with Gasteiger partial charge in [0.15, 0.2) is 11.6 Å². The number of benzene rings is 2. The average Bonchev–Trinajstić information content (AvgIpc) is 2.91. The highest BCUT2D eigenvalue weighted by atomic mass is 19.2. The van der Waals surface area contributed by atoms with Crippen LogP contribution in [0.1, 0.15) is 90.0 Å². The number of aryl methyl sites for hydroxylation is 1. The first-order valence-corrected chi connectivity index (χ1v) is 14.4. The molecule has 2 aromatic carbocycles. The second kappa shape index (κ2) is 13.4. The Kier molecular flexibility index (Phi) is 10.0. The fourth-order valence-corrected chi connectivity index (χ4v) is 6.45. The Morgan fingerprint density at radius 1 is 0.889 bits per heavy atom. The molecule has 2 aliphatic rings. The van der Waals surface area contributed by atoms with Gasteiger partial charge in [0.05, 0.1) is 0 Å². The maximum absolute atomic E-state index is 14.9. The van der Waals surface area contributed by atoms with Crippen molar-refractivity contribution in [3.05, 3.63) is 65.8 Å². The molecule has 0 bridgehead atoms. The fraction of sp³-hybridized carbons (Fsp3) is 0.576. The van der Waals surface area contributed by atoms with E-state index in [2.05, 4.69) is 19.1 Å². The summed E-state index contributed by atoms with van der Waals surface area (Å²) in [4.78, 5) is 0. The highest BCUT2D eigenvalue weighted by Crippen LogP contribution is 2.42. The van der Waals surface area contributed by atoms with Crippen molar-refractivity contribution >= 4 is 10.8 Å². The summed E-state index contributed by atoms with van der Waals surface area (Å²) in [6.45, 7) is 4.59. The van der Waals surface area contributed by atoms with Gasteiger partial charge in [-0.1, -0.05) is 56.6 Å². The number of unbranched alkanes of at least 4 members (excludes halogenated alkanes) is 1. The summed E-state index contributed by atoms with van der Waals surface area (Å²) in [5.41, 5.74) is 0.513. The Labute approximate surface area is 217 Å². The van der Waals surface area contributed by atoms with Crippen molar-refractivity contribution in [1.82, 2.24) is 0 Å². The lowest BCUT2D eigenvalue weighted by Gasteiger charge is -2.37. The van der Waals surface area contributed by atoms with E-state index in [-0.39, 0.29) is 0 Å². The molecule has 0 aromatic heterocycles. The number of hydrogen-bond acceptors (Lipinski definition) is 1. The van der Waals surface area contributed by atoms with E-state index in [0.29, 0.717) is 35.6 Å². The molecule has 0 heterocycles. The Morgan fingerprint density at radius 3 is 2.31 bits per heavy atom. The van der Waals surface area contributed by atoms with E-state index in [9.17, 15) is 8.78 Å². The van der Waals surface area contributed by atoms with E-state index in [1.165, 1.54) is 64.2 Å². The monoisotopic (exact) mass is 494 g/mol. The summed E-state index contributed by atoms with van der Waals surface area (Å²) in [7, 11) is 0. The van der Waals surface area contributed by atoms with E-state index in [1.807, 2.05) is 37.3 Å². The predicted octanol–water partition coefficient (Wildman–Crippen LogP) is 9.97. The second-order valence-corrected chi connectivity index (χ2v) is 11.1. The van der Waals surface area contributed by atoms with Crippen molar-refractivity contribution in [2.24, 2.45) is 23.7 Å². The van der Waals surface area contributed by atoms with Crippen molar-refractivity contribution in [3.8, 4) is 5.75 Å². The summed E-state index contributed by atoms with van der Waals surface area (Å²) >= 11 is 0. The lowest BCUT2D eigenvalue weighted by Crippen LogP contribution is -2.25. The van der Waals surface area contributed by atoms with Gasteiger partial charge in [-0.25, -0.2) is 8.78 Å². The zero-order valence-electron chi connectivity index (χ0n) is 22.3. The first kappa shape index (κ1) is 26.9. The number of hydrogen-bond donors (Lipinski definition) is 0. The molecular weight excluding hydrogens is 450 g/mol. The van der Waals surface area contributed by atoms with Crippen LogP contribution < -0.4 is 4.74 Å². The molecule has 0 amide bonds. The summed E-state index contributed by atoms with van der Waals surface area (Å²) in [5, 5.41) is 1.04. The van der Waals surface area contributed by atoms with E-state index in [4.69, 9.17) is 4.74 Å². The van der Waals surface area contributed by atoms with Gasteiger partial charge in [-0.2, -0.15) is 0 Å². The molecule has 2 aliphatic carbocycles. The molecule has 0 spiro atoms. The zero-order valence-corrected chi connectivity index (χ0v) is 22.3. The molecule has 196 valence electrons. The van der Waals surface area contributed by atoms with Crippen molar-refractivity contribution in [1.29, 1.82) is 0 Å². The number of allylic oxidation sites excluding steroid dienone is 3. The van der Waals surface area contributed by atoms with Crippen LogP contribution in [0.5, 0.6) is 5.75 Å². The van der Waals surface area contributed by atoms with Crippen LogP contribution in [0.2, 0.25) is 0 Å². The molecule has 4 rings (SSSR count). The van der Waals surface area contributed by atoms with Gasteiger partial charge in [0.2, 0.25) is 0 Å². The fourth-order valence-electron chi connectivity index (χ4n) is 6.45. The van der Waals surface area contributed by atoms with Crippen LogP contribution in [0.15, 0.2) is 48.6 Å². The van der Waals surface area contributed by atoms with Crippen LogP contribution in [-0.2, 0) is 6.42 Å². The van der Waals surface area contributed by atoms with Crippen molar-refractivity contribution < 1.29 is 13.5 Å². The molecule has 0 unspecified atom stereocenters. The van der Waals surface area contributed by atoms with Crippen LogP contribution in [0.25, 0.3) is 10.8 Å². The van der Waals surface area contributed by atoms with Crippen LogP contribution in [0.4, 0.5) is 8.78 Å². The topological polar surface area (TPSA) is 9.23 Å². The quantitative estimate of drug-likeness (QED) is 0.299. The third kappa shape index (κ3) is 6.99. The van der Waals surface area contributed by atoms with Gasteiger partial charge < -0.3 is 4.74 Å². The molecule has 0 N–H and O–H groups in total. The van der Waals surface area contributed by atoms with E-state index in [1.54, 1.807) is 6.07 Å². The highest BCUT2D eigenvalue weighted by Gasteiger charge is 2.30. The first-order chi connectivity index (χ1) is 17.6. The van der Waals surface area contributed by atoms with Gasteiger partial charge >= 0.3 is 0 Å². The SMILES string of the molecule is CC=CCOc1ccc2cc(CCC3CCC(C4CCC(/C=C/CCC)CC4)CC3)c(F)c(F)c2c1. The van der Waals surface area contributed by atoms with E-state index >= 15 is 0 Å². The summed E-state index contributed by atoms with van der Waals surface area (Å²) in [6.07, 6.45) is 23.3. The van der Waals surface area contributed by atoms with Crippen molar-refractivity contribution in [2.45, 2.75) is 90.9 Å². The van der Waals surface area contributed by atoms with Crippen LogP contribution in [-0.4, -0.2) is 6.61 Å². The lowest BCUT2D eigenvalue weighted by molar-refractivity contribution is 0.152. The molecule has 2 saturated carbocycles. The number of halogens is 2. The van der Waals surface area contributed by atoms with Gasteiger partial charge in [-0.3, -0.25) is 0 Å². The second-order valence-electron chi connectivity index (χ2n) is 11.1. The normalized spacial score (nSPS) is 25.2. The third-order valence-corrected chi connectivity index (χ3v) is 8.71. The smallest absolute Gasteiger partial charge is 0.167 e. The van der Waals surface area contributed by atoms with Crippen molar-refractivity contribution in [3.63, 3.8) is 0 Å². The first-order valence-electron chi connectivity index (χ1n) is 14.4. The summed E-state index contributed by atoms with van der Waals surface area (Å²) in [6, 6.07) is 7.12. The van der Waals surface area contributed by atoms with E-state index in [0.717, 1.165) is 29.6 Å². The largest absolute Gasteiger partial charge is 0.490 e. The maximum atomic E-state index is 14.9. The molecule has 36 heavy (non-hydrogen) atoms. The molecule has 1 nitrogen and oxygen atoms in total. The molecule has 2 fully saturated rings. The average molecular weight is 495 g/mol. The molecule has 2 aromatic rings. The van der Waals surface area contributed by atoms with Gasteiger partial charge in [-0.05, 0) is 118 Å². The lowest BCUT2D eigenvalue weighted by atomic mass is 9.68. The Hall–Kier alpha value is -2.16. The Morgan fingerprint density at radius 2 is 1.61 bits per heavy atom. The predicted molar refractivity (Wildman–Crippen MR) is 147 cm³/mol. The van der Waals surface area contributed by atoms with Gasteiger partial charge in [0, 0.05) is 5.39 Å². The van der Waals surface area contributed by atoms with Gasteiger partial charge in [0.25, 0.3) is 0 Å². The minimum atomic E-state index is -0.747. The molecule has 0 atom stereocenters. The number of fused-ring (bicyclic) bond motifs is 1. The van der Waals surface area contributed by atoms with Gasteiger partial charge in [0.1, 0.15) is 12.4 Å². The summed E-state index contributed by atoms with van der Waals surface area (Å²) in [5.74, 6) is 2.34. The van der Waals surface area contributed by atoms with Crippen molar-refractivity contribution in [2.75, 3.05) is 6.61 Å². The molecule has 3 heteroatoms. The third-order valence-electron chi connectivity index (χ3n) is 8.71. The van der Waals surface area contributed by atoms with Crippen LogP contribution in [0.3, 0.4) is 0 Å². The minimum Gasteiger partial charge on any atom is -0.490 e. The zero-order chi connectivity index (χ0) is 25.3. The number of ether oxygens (including phenoxy) is 1. The Balaban J connectivity index is 1.26.